The molecule has 0 radical (unpaired) electrons. The zero-order valence-corrected chi connectivity index (χ0v) is 21.8. The summed E-state index contributed by atoms with van der Waals surface area (Å²) in [5.74, 6) is -0.248. The second-order valence-electron chi connectivity index (χ2n) is 10.8. The van der Waals surface area contributed by atoms with Gasteiger partial charge in [0, 0.05) is 31.7 Å². The van der Waals surface area contributed by atoms with E-state index >= 15 is 0 Å². The van der Waals surface area contributed by atoms with E-state index in [0.717, 1.165) is 55.5 Å². The van der Waals surface area contributed by atoms with E-state index in [0.29, 0.717) is 30.0 Å². The van der Waals surface area contributed by atoms with Crippen LogP contribution < -0.4 is 5.32 Å². The zero-order valence-electron chi connectivity index (χ0n) is 21.8. The van der Waals surface area contributed by atoms with Gasteiger partial charge in [-0.3, -0.25) is 4.79 Å². The van der Waals surface area contributed by atoms with Crippen molar-refractivity contribution < 1.29 is 23.9 Å². The highest BCUT2D eigenvalue weighted by Crippen LogP contribution is 2.38. The fraction of sp³-hybridized carbons (Fsp3) is 0.375. The first kappa shape index (κ1) is 26.1. The van der Waals surface area contributed by atoms with Crippen molar-refractivity contribution in [3.8, 4) is 0 Å². The molecule has 0 saturated carbocycles. The number of nitrogens with one attached hydrogen (secondary N) is 1. The molecule has 3 aromatic rings. The molecule has 3 heterocycles. The minimum atomic E-state index is -1.86. The van der Waals surface area contributed by atoms with Gasteiger partial charge in [0.15, 0.2) is 6.10 Å². The number of quaternary nitrogens is 1. The Morgan fingerprint density at radius 2 is 1.42 bits per heavy atom. The molecular weight excluding hydrogens is 476 g/mol. The van der Waals surface area contributed by atoms with Crippen molar-refractivity contribution >= 4 is 11.9 Å². The predicted octanol–water partition coefficient (Wildman–Crippen LogP) is 3.82. The molecule has 3 fully saturated rings. The third kappa shape index (κ3) is 5.66. The van der Waals surface area contributed by atoms with Gasteiger partial charge in [0.05, 0.1) is 26.1 Å². The monoisotopic (exact) mass is 513 g/mol. The Kier molecular flexibility index (Phi) is 7.91. The summed E-state index contributed by atoms with van der Waals surface area (Å²) < 4.78 is 7.06. The Bertz CT molecular complexity index is 1170. The SMILES string of the molecule is O=C(Cc1ccccc1)NCCC[N+]12CCC(CC1)C(OC(=O)C(O)(c1ccccc1)c1ccccc1)C2. The van der Waals surface area contributed by atoms with Gasteiger partial charge in [0.25, 0.3) is 0 Å². The van der Waals surface area contributed by atoms with Crippen LogP contribution in [0.2, 0.25) is 0 Å². The maximum Gasteiger partial charge on any atom is 0.348 e. The van der Waals surface area contributed by atoms with E-state index in [1.54, 1.807) is 24.3 Å². The molecule has 0 spiro atoms. The van der Waals surface area contributed by atoms with E-state index in [-0.39, 0.29) is 12.0 Å². The van der Waals surface area contributed by atoms with E-state index in [1.165, 1.54) is 0 Å². The Morgan fingerprint density at radius 1 is 0.868 bits per heavy atom. The van der Waals surface area contributed by atoms with Crippen molar-refractivity contribution in [2.75, 3.05) is 32.7 Å². The molecule has 1 atom stereocenters. The molecule has 6 heteroatoms. The van der Waals surface area contributed by atoms with Gasteiger partial charge in [0.2, 0.25) is 11.5 Å². The number of esters is 1. The Labute approximate surface area is 224 Å². The average Bonchev–Trinajstić information content (AvgIpc) is 2.97. The number of amides is 1. The van der Waals surface area contributed by atoms with Crippen LogP contribution >= 0.6 is 0 Å². The van der Waals surface area contributed by atoms with Crippen molar-refractivity contribution in [3.05, 3.63) is 108 Å². The molecule has 2 bridgehead atoms. The lowest BCUT2D eigenvalue weighted by molar-refractivity contribution is -0.946. The summed E-state index contributed by atoms with van der Waals surface area (Å²) in [5, 5.41) is 14.9. The first-order chi connectivity index (χ1) is 18.5. The summed E-state index contributed by atoms with van der Waals surface area (Å²) in [7, 11) is 0. The van der Waals surface area contributed by atoms with Gasteiger partial charge in [-0.2, -0.15) is 0 Å². The van der Waals surface area contributed by atoms with E-state index < -0.39 is 11.6 Å². The van der Waals surface area contributed by atoms with Crippen LogP contribution in [0.4, 0.5) is 0 Å². The van der Waals surface area contributed by atoms with Crippen LogP contribution in [0.3, 0.4) is 0 Å². The van der Waals surface area contributed by atoms with E-state index in [4.69, 9.17) is 4.74 Å². The molecule has 1 amide bonds. The average molecular weight is 514 g/mol. The third-order valence-corrected chi connectivity index (χ3v) is 8.32. The first-order valence-corrected chi connectivity index (χ1v) is 13.7. The lowest BCUT2D eigenvalue weighted by atomic mass is 9.82. The molecule has 6 nitrogen and oxygen atoms in total. The smallest absolute Gasteiger partial charge is 0.348 e. The second-order valence-corrected chi connectivity index (χ2v) is 10.8. The zero-order chi connectivity index (χ0) is 26.4. The van der Waals surface area contributed by atoms with Crippen molar-refractivity contribution in [2.24, 2.45) is 5.92 Å². The Balaban J connectivity index is 1.20. The fourth-order valence-corrected chi connectivity index (χ4v) is 6.14. The minimum absolute atomic E-state index is 0.0430. The van der Waals surface area contributed by atoms with Crippen molar-refractivity contribution in [3.63, 3.8) is 0 Å². The van der Waals surface area contributed by atoms with E-state index in [2.05, 4.69) is 5.32 Å². The van der Waals surface area contributed by atoms with Gasteiger partial charge in [0.1, 0.15) is 6.54 Å². The highest BCUT2D eigenvalue weighted by Gasteiger charge is 2.50. The number of fused-ring (bicyclic) bond motifs is 3. The van der Waals surface area contributed by atoms with Crippen molar-refractivity contribution in [1.29, 1.82) is 0 Å². The maximum atomic E-state index is 13.7. The Morgan fingerprint density at radius 3 is 2.00 bits per heavy atom. The lowest BCUT2D eigenvalue weighted by Crippen LogP contribution is -2.65. The number of rotatable bonds is 10. The molecule has 3 aliphatic rings. The summed E-state index contributed by atoms with van der Waals surface area (Å²) >= 11 is 0. The number of carbonyl (C=O) groups is 2. The van der Waals surface area contributed by atoms with Crippen LogP contribution in [-0.4, -0.2) is 60.3 Å². The molecule has 3 aromatic carbocycles. The lowest BCUT2D eigenvalue weighted by Gasteiger charge is -2.52. The van der Waals surface area contributed by atoms with Gasteiger partial charge < -0.3 is 19.6 Å². The van der Waals surface area contributed by atoms with Gasteiger partial charge >= 0.3 is 5.97 Å². The maximum absolute atomic E-state index is 13.7. The van der Waals surface area contributed by atoms with Crippen LogP contribution in [0.15, 0.2) is 91.0 Å². The molecule has 0 aromatic heterocycles. The van der Waals surface area contributed by atoms with E-state index in [1.807, 2.05) is 66.7 Å². The third-order valence-electron chi connectivity index (χ3n) is 8.32. The van der Waals surface area contributed by atoms with Crippen LogP contribution in [0.25, 0.3) is 0 Å². The second kappa shape index (κ2) is 11.5. The van der Waals surface area contributed by atoms with Gasteiger partial charge in [-0.15, -0.1) is 0 Å². The summed E-state index contributed by atoms with van der Waals surface area (Å²) in [6.45, 7) is 4.47. The predicted molar refractivity (Wildman–Crippen MR) is 146 cm³/mol. The quantitative estimate of drug-likeness (QED) is 0.246. The fourth-order valence-electron chi connectivity index (χ4n) is 6.14. The molecule has 6 rings (SSSR count). The first-order valence-electron chi connectivity index (χ1n) is 13.7. The highest BCUT2D eigenvalue weighted by atomic mass is 16.6. The molecule has 2 N–H and O–H groups in total. The molecule has 1 unspecified atom stereocenters. The summed E-state index contributed by atoms with van der Waals surface area (Å²) in [6.07, 6.45) is 3.06. The van der Waals surface area contributed by atoms with Crippen molar-refractivity contribution in [1.82, 2.24) is 5.32 Å². The number of ether oxygens (including phenoxy) is 1. The summed E-state index contributed by atoms with van der Waals surface area (Å²) in [6, 6.07) is 27.9. The van der Waals surface area contributed by atoms with Crippen LogP contribution in [-0.2, 0) is 26.3 Å². The normalized spacial score (nSPS) is 22.6. The number of aliphatic hydroxyl groups is 1. The molecule has 0 aliphatic carbocycles. The number of hydrogen-bond donors (Lipinski definition) is 2. The van der Waals surface area contributed by atoms with Gasteiger partial charge in [-0.05, 0) is 16.7 Å². The summed E-state index contributed by atoms with van der Waals surface area (Å²) in [5.41, 5.74) is 0.170. The molecular formula is C32H37N2O4+. The number of carbonyl (C=O) groups excluding carboxylic acids is 2. The van der Waals surface area contributed by atoms with Crippen LogP contribution in [0, 0.1) is 5.92 Å². The Hall–Kier alpha value is -3.48. The number of hydrogen-bond acceptors (Lipinski definition) is 4. The van der Waals surface area contributed by atoms with E-state index in [9.17, 15) is 14.7 Å². The molecule has 38 heavy (non-hydrogen) atoms. The van der Waals surface area contributed by atoms with Crippen molar-refractivity contribution in [2.45, 2.75) is 37.4 Å². The largest absolute Gasteiger partial charge is 0.453 e. The highest BCUT2D eigenvalue weighted by molar-refractivity contribution is 5.85. The molecule has 3 aliphatic heterocycles. The minimum Gasteiger partial charge on any atom is -0.453 e. The van der Waals surface area contributed by atoms with Gasteiger partial charge in [-0.25, -0.2) is 4.79 Å². The number of piperidine rings is 3. The number of nitrogens with zero attached hydrogens (tertiary/aromatic N) is 1. The standard InChI is InChI=1S/C32H36N2O4/c35-30(23-25-11-4-1-5-12-25)33-19-10-20-34-21-17-26(18-22-34)29(24-34)38-31(36)32(37,27-13-6-2-7-14-27)28-15-8-3-9-16-28/h1-9,11-16,26,29,37H,10,17-24H2/p+1. The topological polar surface area (TPSA) is 75.6 Å². The number of benzene rings is 3. The molecule has 198 valence electrons. The van der Waals surface area contributed by atoms with Crippen LogP contribution in [0.5, 0.6) is 0 Å². The van der Waals surface area contributed by atoms with Crippen LogP contribution in [0.1, 0.15) is 36.0 Å². The summed E-state index contributed by atoms with van der Waals surface area (Å²) in [4.78, 5) is 26.0. The molecule has 3 saturated heterocycles. The van der Waals surface area contributed by atoms with Gasteiger partial charge in [-0.1, -0.05) is 91.0 Å².